The fraction of sp³-hybridized carbons (Fsp3) is 0.312. The molecule has 2 rings (SSSR count). The SMILES string of the molecule is Cc1c(Nc2ccc(I)cc2F)c(C(=O)NCC(O)CO)nn(C)c1=O. The van der Waals surface area contributed by atoms with Crippen molar-refractivity contribution < 1.29 is 19.4 Å². The Hall–Kier alpha value is -2.05. The zero-order valence-electron chi connectivity index (χ0n) is 14.1. The summed E-state index contributed by atoms with van der Waals surface area (Å²) in [5.74, 6) is -1.22. The largest absolute Gasteiger partial charge is 0.394 e. The minimum absolute atomic E-state index is 0.0733. The number of nitrogens with one attached hydrogen (secondary N) is 2. The maximum absolute atomic E-state index is 14.1. The predicted octanol–water partition coefficient (Wildman–Crippen LogP) is 0.659. The summed E-state index contributed by atoms with van der Waals surface area (Å²) in [5, 5.41) is 27.3. The molecule has 1 atom stereocenters. The van der Waals surface area contributed by atoms with Gasteiger partial charge in [0.2, 0.25) is 0 Å². The van der Waals surface area contributed by atoms with Gasteiger partial charge in [-0.25, -0.2) is 9.07 Å². The maximum Gasteiger partial charge on any atom is 0.274 e. The smallest absolute Gasteiger partial charge is 0.274 e. The minimum Gasteiger partial charge on any atom is -0.394 e. The number of carbonyl (C=O) groups excluding carboxylic acids is 1. The van der Waals surface area contributed by atoms with E-state index in [1.165, 1.54) is 26.1 Å². The molecule has 0 saturated carbocycles. The lowest BCUT2D eigenvalue weighted by Crippen LogP contribution is -2.36. The molecular formula is C16H18FIN4O4. The van der Waals surface area contributed by atoms with Gasteiger partial charge >= 0.3 is 0 Å². The molecule has 0 fully saturated rings. The van der Waals surface area contributed by atoms with Crippen LogP contribution in [0.25, 0.3) is 0 Å². The molecule has 1 amide bonds. The Morgan fingerprint density at radius 2 is 2.15 bits per heavy atom. The number of rotatable bonds is 6. The highest BCUT2D eigenvalue weighted by molar-refractivity contribution is 14.1. The Morgan fingerprint density at radius 1 is 1.46 bits per heavy atom. The number of halogens is 2. The molecule has 1 heterocycles. The van der Waals surface area contributed by atoms with Crippen LogP contribution in [0.1, 0.15) is 16.1 Å². The van der Waals surface area contributed by atoms with Gasteiger partial charge in [-0.15, -0.1) is 0 Å². The van der Waals surface area contributed by atoms with Crippen LogP contribution < -0.4 is 16.2 Å². The normalized spacial score (nSPS) is 11.9. The molecule has 8 nitrogen and oxygen atoms in total. The highest BCUT2D eigenvalue weighted by Gasteiger charge is 2.21. The van der Waals surface area contributed by atoms with Gasteiger partial charge < -0.3 is 20.8 Å². The number of hydrogen-bond donors (Lipinski definition) is 4. The minimum atomic E-state index is -1.13. The first-order valence-corrected chi connectivity index (χ1v) is 8.69. The van der Waals surface area contributed by atoms with Crippen LogP contribution >= 0.6 is 22.6 Å². The summed E-state index contributed by atoms with van der Waals surface area (Å²) in [5.41, 5.74) is -0.219. The van der Waals surface area contributed by atoms with E-state index in [-0.39, 0.29) is 29.2 Å². The van der Waals surface area contributed by atoms with Crippen LogP contribution in [0.15, 0.2) is 23.0 Å². The van der Waals surface area contributed by atoms with Crippen molar-refractivity contribution in [3.63, 3.8) is 0 Å². The average molecular weight is 476 g/mol. The molecular weight excluding hydrogens is 458 g/mol. The zero-order valence-corrected chi connectivity index (χ0v) is 16.2. The third-order valence-electron chi connectivity index (χ3n) is 3.59. The number of anilines is 2. The second kappa shape index (κ2) is 8.56. The van der Waals surface area contributed by atoms with Crippen molar-refractivity contribution >= 4 is 39.9 Å². The Bertz CT molecular complexity index is 887. The Labute approximate surface area is 162 Å². The van der Waals surface area contributed by atoms with E-state index in [0.29, 0.717) is 3.57 Å². The number of aliphatic hydroxyl groups is 2. The second-order valence-electron chi connectivity index (χ2n) is 5.57. The van der Waals surface area contributed by atoms with E-state index >= 15 is 0 Å². The number of aliphatic hydroxyl groups excluding tert-OH is 2. The molecule has 0 aliphatic rings. The van der Waals surface area contributed by atoms with Gasteiger partial charge in [0, 0.05) is 22.7 Å². The first kappa shape index (κ1) is 20.3. The van der Waals surface area contributed by atoms with E-state index in [2.05, 4.69) is 15.7 Å². The number of nitrogens with zero attached hydrogens (tertiary/aromatic N) is 2. The summed E-state index contributed by atoms with van der Waals surface area (Å²) in [6, 6.07) is 4.47. The third-order valence-corrected chi connectivity index (χ3v) is 4.26. The van der Waals surface area contributed by atoms with Crippen LogP contribution in [0, 0.1) is 16.3 Å². The van der Waals surface area contributed by atoms with Crippen molar-refractivity contribution in [1.82, 2.24) is 15.1 Å². The van der Waals surface area contributed by atoms with Gasteiger partial charge in [0.05, 0.1) is 24.1 Å². The summed E-state index contributed by atoms with van der Waals surface area (Å²) in [6.45, 7) is 0.783. The molecule has 2 aromatic rings. The molecule has 26 heavy (non-hydrogen) atoms. The van der Waals surface area contributed by atoms with Crippen molar-refractivity contribution in [2.24, 2.45) is 7.05 Å². The maximum atomic E-state index is 14.1. The van der Waals surface area contributed by atoms with Gasteiger partial charge in [0.15, 0.2) is 5.69 Å². The second-order valence-corrected chi connectivity index (χ2v) is 6.82. The van der Waals surface area contributed by atoms with Crippen molar-refractivity contribution in [2.75, 3.05) is 18.5 Å². The molecule has 0 aliphatic carbocycles. The van der Waals surface area contributed by atoms with E-state index < -0.39 is 30.0 Å². The highest BCUT2D eigenvalue weighted by atomic mass is 127. The van der Waals surface area contributed by atoms with E-state index in [1.54, 1.807) is 6.07 Å². The van der Waals surface area contributed by atoms with Crippen LogP contribution in [-0.4, -0.2) is 45.2 Å². The van der Waals surface area contributed by atoms with Gasteiger partial charge in [0.25, 0.3) is 11.5 Å². The molecule has 140 valence electrons. The summed E-state index contributed by atoms with van der Waals surface area (Å²) < 4.78 is 15.8. The quantitative estimate of drug-likeness (QED) is 0.456. The Kier molecular flexibility index (Phi) is 6.67. The number of carbonyl (C=O) groups is 1. The lowest BCUT2D eigenvalue weighted by Gasteiger charge is -2.16. The molecule has 0 saturated heterocycles. The topological polar surface area (TPSA) is 116 Å². The zero-order chi connectivity index (χ0) is 19.4. The number of aryl methyl sites for hydroxylation is 1. The average Bonchev–Trinajstić information content (AvgIpc) is 2.61. The first-order chi connectivity index (χ1) is 12.2. The highest BCUT2D eigenvalue weighted by Crippen LogP contribution is 2.25. The van der Waals surface area contributed by atoms with E-state index in [9.17, 15) is 19.1 Å². The number of hydrogen-bond acceptors (Lipinski definition) is 6. The summed E-state index contributed by atoms with van der Waals surface area (Å²) in [6.07, 6.45) is -1.13. The van der Waals surface area contributed by atoms with E-state index in [0.717, 1.165) is 4.68 Å². The first-order valence-electron chi connectivity index (χ1n) is 7.61. The van der Waals surface area contributed by atoms with Crippen molar-refractivity contribution in [3.8, 4) is 0 Å². The molecule has 1 aromatic carbocycles. The van der Waals surface area contributed by atoms with Crippen molar-refractivity contribution in [3.05, 3.63) is 49.2 Å². The standard InChI is InChI=1S/C16H18FIN4O4/c1-8-13(20-12-4-3-9(18)5-11(12)17)14(21-22(2)16(8)26)15(25)19-6-10(24)7-23/h3-5,10,20,23-24H,6-7H2,1-2H3,(H,19,25). The Balaban J connectivity index is 2.44. The number of amides is 1. The predicted molar refractivity (Wildman–Crippen MR) is 102 cm³/mol. The van der Waals surface area contributed by atoms with Crippen molar-refractivity contribution in [1.29, 1.82) is 0 Å². The van der Waals surface area contributed by atoms with Crippen molar-refractivity contribution in [2.45, 2.75) is 13.0 Å². The van der Waals surface area contributed by atoms with E-state index in [1.807, 2.05) is 22.6 Å². The van der Waals surface area contributed by atoms with Crippen LogP contribution in [0.4, 0.5) is 15.8 Å². The molecule has 10 heteroatoms. The van der Waals surface area contributed by atoms with Crippen LogP contribution in [0.3, 0.4) is 0 Å². The fourth-order valence-corrected chi connectivity index (χ4v) is 2.62. The summed E-state index contributed by atoms with van der Waals surface area (Å²) >= 11 is 1.97. The van der Waals surface area contributed by atoms with Gasteiger partial charge in [-0.3, -0.25) is 9.59 Å². The lowest BCUT2D eigenvalue weighted by atomic mass is 10.2. The summed E-state index contributed by atoms with van der Waals surface area (Å²) in [4.78, 5) is 24.6. The van der Waals surface area contributed by atoms with Gasteiger partial charge in [-0.2, -0.15) is 5.10 Å². The number of aromatic nitrogens is 2. The Morgan fingerprint density at radius 3 is 2.77 bits per heavy atom. The molecule has 0 radical (unpaired) electrons. The molecule has 0 bridgehead atoms. The van der Waals surface area contributed by atoms with E-state index in [4.69, 9.17) is 5.11 Å². The molecule has 4 N–H and O–H groups in total. The molecule has 1 unspecified atom stereocenters. The van der Waals surface area contributed by atoms with Crippen LogP contribution in [-0.2, 0) is 7.05 Å². The van der Waals surface area contributed by atoms with Crippen LogP contribution in [0.2, 0.25) is 0 Å². The van der Waals surface area contributed by atoms with Crippen LogP contribution in [0.5, 0.6) is 0 Å². The molecule has 0 aliphatic heterocycles. The fourth-order valence-electron chi connectivity index (χ4n) is 2.17. The van der Waals surface area contributed by atoms with Gasteiger partial charge in [-0.05, 0) is 47.7 Å². The van der Waals surface area contributed by atoms with Gasteiger partial charge in [-0.1, -0.05) is 0 Å². The molecule has 0 spiro atoms. The lowest BCUT2D eigenvalue weighted by molar-refractivity contribution is 0.0798. The monoisotopic (exact) mass is 476 g/mol. The number of benzene rings is 1. The molecule has 1 aromatic heterocycles. The van der Waals surface area contributed by atoms with Gasteiger partial charge in [0.1, 0.15) is 5.82 Å². The third kappa shape index (κ3) is 4.56. The summed E-state index contributed by atoms with van der Waals surface area (Å²) in [7, 11) is 1.39.